The molecule has 0 aromatic heterocycles. The van der Waals surface area contributed by atoms with Crippen molar-refractivity contribution in [3.63, 3.8) is 0 Å². The summed E-state index contributed by atoms with van der Waals surface area (Å²) in [6.45, 7) is 1.97. The van der Waals surface area contributed by atoms with Crippen molar-refractivity contribution in [2.45, 2.75) is 25.9 Å². The predicted octanol–water partition coefficient (Wildman–Crippen LogP) is 3.97. The number of hydrogen-bond acceptors (Lipinski definition) is 2. The summed E-state index contributed by atoms with van der Waals surface area (Å²) in [5.74, 6) is -0.444. The van der Waals surface area contributed by atoms with Crippen LogP contribution in [-0.2, 0) is 0 Å². The molecule has 0 aliphatic rings. The van der Waals surface area contributed by atoms with Gasteiger partial charge in [0.1, 0.15) is 0 Å². The monoisotopic (exact) mass is 257 g/mol. The van der Waals surface area contributed by atoms with Crippen LogP contribution < -0.4 is 0 Å². The van der Waals surface area contributed by atoms with Gasteiger partial charge >= 0.3 is 0 Å². The zero-order valence-electron chi connectivity index (χ0n) is 8.95. The molecule has 2 nitrogen and oxygen atoms in total. The molecule has 4 heteroatoms. The van der Waals surface area contributed by atoms with E-state index in [1.165, 1.54) is 0 Å². The third-order valence-corrected chi connectivity index (χ3v) is 3.00. The van der Waals surface area contributed by atoms with Crippen LogP contribution >= 0.6 is 23.2 Å². The van der Waals surface area contributed by atoms with Gasteiger partial charge < -0.3 is 5.11 Å². The number of benzene rings is 1. The molecule has 0 amide bonds. The molecule has 0 bridgehead atoms. The lowest BCUT2D eigenvalue weighted by atomic mass is 9.93. The van der Waals surface area contributed by atoms with Gasteiger partial charge in [-0.25, -0.2) is 0 Å². The largest absolute Gasteiger partial charge is 0.387 e. The molecule has 0 saturated carbocycles. The fourth-order valence-corrected chi connectivity index (χ4v) is 1.97. The standard InChI is InChI=1S/C12H13Cl2NO/c1-2-3-8(7-15)12(16)10-6-9(13)4-5-11(10)14/h4-6,8,12,16H,2-3H2,1H3. The minimum absolute atomic E-state index is 0.438. The number of nitriles is 1. The summed E-state index contributed by atoms with van der Waals surface area (Å²) >= 11 is 11.8. The highest BCUT2D eigenvalue weighted by molar-refractivity contribution is 6.33. The maximum atomic E-state index is 10.1. The van der Waals surface area contributed by atoms with Gasteiger partial charge in [0.2, 0.25) is 0 Å². The van der Waals surface area contributed by atoms with Crippen molar-refractivity contribution < 1.29 is 5.11 Å². The summed E-state index contributed by atoms with van der Waals surface area (Å²) in [4.78, 5) is 0. The van der Waals surface area contributed by atoms with Crippen LogP contribution in [0, 0.1) is 17.2 Å². The lowest BCUT2D eigenvalue weighted by Crippen LogP contribution is -2.11. The Balaban J connectivity index is 2.98. The van der Waals surface area contributed by atoms with Gasteiger partial charge in [-0.1, -0.05) is 36.5 Å². The van der Waals surface area contributed by atoms with Crippen LogP contribution in [0.15, 0.2) is 18.2 Å². The van der Waals surface area contributed by atoms with Crippen LogP contribution in [-0.4, -0.2) is 5.11 Å². The first-order valence-electron chi connectivity index (χ1n) is 5.12. The second-order valence-electron chi connectivity index (χ2n) is 3.63. The van der Waals surface area contributed by atoms with E-state index in [4.69, 9.17) is 28.5 Å². The predicted molar refractivity (Wildman–Crippen MR) is 65.4 cm³/mol. The average Bonchev–Trinajstić information content (AvgIpc) is 2.28. The first-order valence-corrected chi connectivity index (χ1v) is 5.88. The van der Waals surface area contributed by atoms with E-state index >= 15 is 0 Å². The Morgan fingerprint density at radius 2 is 2.12 bits per heavy atom. The van der Waals surface area contributed by atoms with Crippen LogP contribution in [0.2, 0.25) is 10.0 Å². The molecule has 86 valence electrons. The summed E-state index contributed by atoms with van der Waals surface area (Å²) in [5.41, 5.74) is 0.522. The van der Waals surface area contributed by atoms with Crippen molar-refractivity contribution in [3.8, 4) is 6.07 Å². The van der Waals surface area contributed by atoms with Gasteiger partial charge in [-0.05, 0) is 24.6 Å². The Morgan fingerprint density at radius 3 is 2.69 bits per heavy atom. The minimum atomic E-state index is -0.879. The molecular weight excluding hydrogens is 245 g/mol. The van der Waals surface area contributed by atoms with Gasteiger partial charge in [0.25, 0.3) is 0 Å². The second-order valence-corrected chi connectivity index (χ2v) is 4.48. The molecule has 0 fully saturated rings. The lowest BCUT2D eigenvalue weighted by Gasteiger charge is -2.17. The van der Waals surface area contributed by atoms with Crippen molar-refractivity contribution in [1.82, 2.24) is 0 Å². The van der Waals surface area contributed by atoms with Gasteiger partial charge in [0.15, 0.2) is 0 Å². The molecule has 1 aromatic carbocycles. The number of rotatable bonds is 4. The molecule has 1 aromatic rings. The number of aliphatic hydroxyl groups excluding tert-OH is 1. The number of hydrogen-bond donors (Lipinski definition) is 1. The molecule has 0 radical (unpaired) electrons. The van der Waals surface area contributed by atoms with Crippen molar-refractivity contribution in [2.75, 3.05) is 0 Å². The zero-order valence-corrected chi connectivity index (χ0v) is 10.5. The molecule has 0 spiro atoms. The van der Waals surface area contributed by atoms with E-state index in [9.17, 15) is 5.11 Å². The fraction of sp³-hybridized carbons (Fsp3) is 0.417. The lowest BCUT2D eigenvalue weighted by molar-refractivity contribution is 0.130. The van der Waals surface area contributed by atoms with Crippen molar-refractivity contribution in [1.29, 1.82) is 5.26 Å². The maximum absolute atomic E-state index is 10.1. The molecule has 0 aliphatic carbocycles. The first kappa shape index (κ1) is 13.3. The Morgan fingerprint density at radius 1 is 1.44 bits per heavy atom. The highest BCUT2D eigenvalue weighted by atomic mass is 35.5. The summed E-state index contributed by atoms with van der Waals surface area (Å²) < 4.78 is 0. The van der Waals surface area contributed by atoms with E-state index in [2.05, 4.69) is 6.07 Å². The van der Waals surface area contributed by atoms with E-state index in [-0.39, 0.29) is 0 Å². The van der Waals surface area contributed by atoms with Gasteiger partial charge in [0.05, 0.1) is 18.1 Å². The average molecular weight is 258 g/mol. The second kappa shape index (κ2) is 6.10. The van der Waals surface area contributed by atoms with Crippen LogP contribution in [0.1, 0.15) is 31.4 Å². The van der Waals surface area contributed by atoms with Gasteiger partial charge in [-0.15, -0.1) is 0 Å². The Labute approximate surface area is 105 Å². The highest BCUT2D eigenvalue weighted by Crippen LogP contribution is 2.32. The molecule has 2 unspecified atom stereocenters. The SMILES string of the molecule is CCCC(C#N)C(O)c1cc(Cl)ccc1Cl. The van der Waals surface area contributed by atoms with Crippen LogP contribution in [0.3, 0.4) is 0 Å². The van der Waals surface area contributed by atoms with Crippen molar-refractivity contribution in [3.05, 3.63) is 33.8 Å². The molecule has 1 N–H and O–H groups in total. The van der Waals surface area contributed by atoms with Crippen LogP contribution in [0.25, 0.3) is 0 Å². The van der Waals surface area contributed by atoms with Gasteiger partial charge in [-0.3, -0.25) is 0 Å². The summed E-state index contributed by atoms with van der Waals surface area (Å²) in [6.07, 6.45) is 0.602. The van der Waals surface area contributed by atoms with Crippen LogP contribution in [0.5, 0.6) is 0 Å². The topological polar surface area (TPSA) is 44.0 Å². The first-order chi connectivity index (χ1) is 7.60. The van der Waals surface area contributed by atoms with Gasteiger partial charge in [0, 0.05) is 15.6 Å². The third kappa shape index (κ3) is 3.12. The van der Waals surface area contributed by atoms with Gasteiger partial charge in [-0.2, -0.15) is 5.26 Å². The fourth-order valence-electron chi connectivity index (χ4n) is 1.56. The van der Waals surface area contributed by atoms with E-state index in [1.54, 1.807) is 18.2 Å². The van der Waals surface area contributed by atoms with E-state index in [0.717, 1.165) is 6.42 Å². The Bertz CT molecular complexity index is 400. The number of halogens is 2. The minimum Gasteiger partial charge on any atom is -0.387 e. The van der Waals surface area contributed by atoms with Crippen molar-refractivity contribution in [2.24, 2.45) is 5.92 Å². The maximum Gasteiger partial charge on any atom is 0.0963 e. The number of nitrogens with zero attached hydrogens (tertiary/aromatic N) is 1. The molecular formula is C12H13Cl2NO. The Kier molecular flexibility index (Phi) is 5.08. The summed E-state index contributed by atoms with van der Waals surface area (Å²) in [6, 6.07) is 6.98. The summed E-state index contributed by atoms with van der Waals surface area (Å²) in [7, 11) is 0. The Hall–Kier alpha value is -0.750. The smallest absolute Gasteiger partial charge is 0.0963 e. The normalized spacial score (nSPS) is 14.2. The van der Waals surface area contributed by atoms with E-state index in [0.29, 0.717) is 22.0 Å². The molecule has 0 saturated heterocycles. The third-order valence-electron chi connectivity index (χ3n) is 2.42. The van der Waals surface area contributed by atoms with E-state index in [1.807, 2.05) is 6.92 Å². The number of aliphatic hydroxyl groups is 1. The summed E-state index contributed by atoms with van der Waals surface area (Å²) in [5, 5.41) is 20.0. The van der Waals surface area contributed by atoms with Crippen LogP contribution in [0.4, 0.5) is 0 Å². The molecule has 0 heterocycles. The molecule has 1 rings (SSSR count). The molecule has 0 aliphatic heterocycles. The van der Waals surface area contributed by atoms with E-state index < -0.39 is 12.0 Å². The quantitative estimate of drug-likeness (QED) is 0.888. The molecule has 16 heavy (non-hydrogen) atoms. The van der Waals surface area contributed by atoms with Crippen molar-refractivity contribution >= 4 is 23.2 Å². The highest BCUT2D eigenvalue weighted by Gasteiger charge is 2.22. The molecule has 2 atom stereocenters. The zero-order chi connectivity index (χ0) is 12.1.